The molecule has 0 bridgehead atoms. The van der Waals surface area contributed by atoms with Crippen LogP contribution in [0.3, 0.4) is 0 Å². The summed E-state index contributed by atoms with van der Waals surface area (Å²) in [4.78, 5) is 12.1. The number of carbonyl (C=O) groups excluding carboxylic acids is 1. The fourth-order valence-corrected chi connectivity index (χ4v) is 2.94. The smallest absolute Gasteiger partial charge is 0.244 e. The number of rotatable bonds is 5. The third-order valence-corrected chi connectivity index (χ3v) is 4.61. The molecule has 2 N–H and O–H groups in total. The van der Waals surface area contributed by atoms with Gasteiger partial charge in [0.05, 0.1) is 12.1 Å². The number of aliphatic hydroxyl groups is 1. The van der Waals surface area contributed by atoms with Gasteiger partial charge in [-0.15, -0.1) is 0 Å². The highest BCUT2D eigenvalue weighted by Crippen LogP contribution is 2.39. The molecule has 1 saturated carbocycles. The number of hydrogen-bond donors (Lipinski definition) is 2. The van der Waals surface area contributed by atoms with Gasteiger partial charge in [0.1, 0.15) is 12.4 Å². The first-order valence-electron chi connectivity index (χ1n) is 7.74. The maximum atomic E-state index is 12.1. The van der Waals surface area contributed by atoms with Crippen LogP contribution >= 0.6 is 11.6 Å². The molecule has 1 aromatic rings. The molecule has 2 aliphatic rings. The Labute approximate surface area is 140 Å². The van der Waals surface area contributed by atoms with Crippen LogP contribution in [0.15, 0.2) is 35.9 Å². The van der Waals surface area contributed by atoms with Crippen LogP contribution in [0.2, 0.25) is 5.02 Å². The third kappa shape index (κ3) is 3.77. The summed E-state index contributed by atoms with van der Waals surface area (Å²) in [5.74, 6) is 0.958. The second-order valence-electron chi connectivity index (χ2n) is 6.36. The van der Waals surface area contributed by atoms with E-state index < -0.39 is 5.54 Å². The van der Waals surface area contributed by atoms with Crippen LogP contribution in [0.25, 0.3) is 6.08 Å². The molecule has 1 aliphatic heterocycles. The van der Waals surface area contributed by atoms with Crippen molar-refractivity contribution in [2.75, 3.05) is 13.2 Å². The summed E-state index contributed by atoms with van der Waals surface area (Å²) in [6, 6.07) is 5.46. The van der Waals surface area contributed by atoms with Gasteiger partial charge in [-0.2, -0.15) is 0 Å². The van der Waals surface area contributed by atoms with Crippen molar-refractivity contribution in [1.29, 1.82) is 0 Å². The van der Waals surface area contributed by atoms with E-state index in [1.807, 2.05) is 25.1 Å². The zero-order chi connectivity index (χ0) is 16.4. The Bertz CT molecular complexity index is 679. The first kappa shape index (κ1) is 16.1. The fourth-order valence-electron chi connectivity index (χ4n) is 2.76. The minimum absolute atomic E-state index is 0.0467. The lowest BCUT2D eigenvalue weighted by Crippen LogP contribution is -2.50. The maximum Gasteiger partial charge on any atom is 0.244 e. The topological polar surface area (TPSA) is 58.6 Å². The van der Waals surface area contributed by atoms with E-state index in [0.717, 1.165) is 29.7 Å². The molecule has 3 rings (SSSR count). The Morgan fingerprint density at radius 3 is 3.00 bits per heavy atom. The number of ether oxygens (including phenoxy) is 1. The van der Waals surface area contributed by atoms with Crippen molar-refractivity contribution >= 4 is 23.6 Å². The molecule has 5 heteroatoms. The lowest BCUT2D eigenvalue weighted by Gasteiger charge is -2.28. The monoisotopic (exact) mass is 333 g/mol. The predicted molar refractivity (Wildman–Crippen MR) is 90.4 cm³/mol. The number of amides is 1. The molecule has 0 spiro atoms. The number of aliphatic hydroxyl groups excluding tert-OH is 1. The molecule has 1 atom stereocenters. The second-order valence-corrected chi connectivity index (χ2v) is 6.80. The summed E-state index contributed by atoms with van der Waals surface area (Å²) >= 11 is 5.99. The average molecular weight is 334 g/mol. The van der Waals surface area contributed by atoms with Crippen molar-refractivity contribution in [1.82, 2.24) is 5.32 Å². The Kier molecular flexibility index (Phi) is 4.46. The molecule has 0 aromatic heterocycles. The summed E-state index contributed by atoms with van der Waals surface area (Å²) in [6.45, 7) is 2.25. The van der Waals surface area contributed by atoms with Crippen molar-refractivity contribution in [2.24, 2.45) is 5.92 Å². The van der Waals surface area contributed by atoms with Crippen molar-refractivity contribution in [3.8, 4) is 5.75 Å². The van der Waals surface area contributed by atoms with Crippen LogP contribution in [0.5, 0.6) is 5.75 Å². The highest BCUT2D eigenvalue weighted by atomic mass is 35.5. The lowest BCUT2D eigenvalue weighted by atomic mass is 9.97. The molecular formula is C18H20ClNO3. The van der Waals surface area contributed by atoms with Crippen LogP contribution in [-0.4, -0.2) is 29.8 Å². The summed E-state index contributed by atoms with van der Waals surface area (Å²) in [6.07, 6.45) is 7.29. The first-order chi connectivity index (χ1) is 11.0. The van der Waals surface area contributed by atoms with E-state index in [4.69, 9.17) is 16.3 Å². The van der Waals surface area contributed by atoms with Crippen LogP contribution in [-0.2, 0) is 4.79 Å². The van der Waals surface area contributed by atoms with E-state index in [1.54, 1.807) is 12.1 Å². The Hall–Kier alpha value is -1.78. The number of halogens is 1. The Morgan fingerprint density at radius 2 is 2.30 bits per heavy atom. The molecule has 1 aromatic carbocycles. The highest BCUT2D eigenvalue weighted by Gasteiger charge is 2.41. The van der Waals surface area contributed by atoms with E-state index >= 15 is 0 Å². The number of fused-ring (bicyclic) bond motifs is 1. The predicted octanol–water partition coefficient (Wildman–Crippen LogP) is 2.95. The number of hydrogen-bond acceptors (Lipinski definition) is 3. The average Bonchev–Trinajstić information content (AvgIpc) is 3.37. The van der Waals surface area contributed by atoms with Crippen molar-refractivity contribution in [3.63, 3.8) is 0 Å². The molecule has 0 saturated heterocycles. The number of nitrogens with one attached hydrogen (secondary N) is 1. The van der Waals surface area contributed by atoms with Gasteiger partial charge in [0.25, 0.3) is 0 Å². The number of carbonyl (C=O) groups is 1. The first-order valence-corrected chi connectivity index (χ1v) is 8.12. The molecule has 23 heavy (non-hydrogen) atoms. The van der Waals surface area contributed by atoms with Gasteiger partial charge in [0.15, 0.2) is 0 Å². The summed E-state index contributed by atoms with van der Waals surface area (Å²) in [5, 5.41) is 13.1. The third-order valence-electron chi connectivity index (χ3n) is 4.37. The molecule has 4 nitrogen and oxygen atoms in total. The van der Waals surface area contributed by atoms with Gasteiger partial charge >= 0.3 is 0 Å². The molecular weight excluding hydrogens is 314 g/mol. The van der Waals surface area contributed by atoms with Gasteiger partial charge in [-0.1, -0.05) is 17.7 Å². The van der Waals surface area contributed by atoms with E-state index in [0.29, 0.717) is 17.5 Å². The van der Waals surface area contributed by atoms with Gasteiger partial charge in [-0.25, -0.2) is 0 Å². The SMILES string of the molecule is CC(CO)(NC(=O)/C=C/C1=Cc2cc(Cl)ccc2OC1)C1CC1. The lowest BCUT2D eigenvalue weighted by molar-refractivity contribution is -0.119. The second kappa shape index (κ2) is 6.38. The van der Waals surface area contributed by atoms with Crippen molar-refractivity contribution in [3.05, 3.63) is 46.5 Å². The molecule has 0 radical (unpaired) electrons. The van der Waals surface area contributed by atoms with Crippen LogP contribution < -0.4 is 10.1 Å². The van der Waals surface area contributed by atoms with Gasteiger partial charge in [0.2, 0.25) is 5.91 Å². The van der Waals surface area contributed by atoms with Crippen LogP contribution in [0.4, 0.5) is 0 Å². The van der Waals surface area contributed by atoms with E-state index in [1.165, 1.54) is 6.08 Å². The molecule has 1 fully saturated rings. The van der Waals surface area contributed by atoms with Crippen molar-refractivity contribution < 1.29 is 14.6 Å². The van der Waals surface area contributed by atoms with Gasteiger partial charge in [0, 0.05) is 16.7 Å². The highest BCUT2D eigenvalue weighted by molar-refractivity contribution is 6.30. The quantitative estimate of drug-likeness (QED) is 0.814. The van der Waals surface area contributed by atoms with E-state index in [9.17, 15) is 9.90 Å². The van der Waals surface area contributed by atoms with Gasteiger partial charge in [-0.3, -0.25) is 4.79 Å². The molecule has 122 valence electrons. The normalized spacial score (nSPS) is 19.5. The molecule has 1 unspecified atom stereocenters. The zero-order valence-electron chi connectivity index (χ0n) is 13.0. The zero-order valence-corrected chi connectivity index (χ0v) is 13.8. The van der Waals surface area contributed by atoms with E-state index in [-0.39, 0.29) is 12.5 Å². The number of benzene rings is 1. The minimum Gasteiger partial charge on any atom is -0.488 e. The summed E-state index contributed by atoms with van der Waals surface area (Å²) in [5.41, 5.74) is 1.27. The summed E-state index contributed by atoms with van der Waals surface area (Å²) < 4.78 is 5.64. The largest absolute Gasteiger partial charge is 0.488 e. The Morgan fingerprint density at radius 1 is 1.52 bits per heavy atom. The molecule has 1 amide bonds. The Balaban J connectivity index is 1.67. The van der Waals surface area contributed by atoms with Gasteiger partial charge < -0.3 is 15.2 Å². The minimum atomic E-state index is -0.529. The van der Waals surface area contributed by atoms with Gasteiger partial charge in [-0.05, 0) is 55.5 Å². The van der Waals surface area contributed by atoms with E-state index in [2.05, 4.69) is 5.32 Å². The van der Waals surface area contributed by atoms with Crippen molar-refractivity contribution in [2.45, 2.75) is 25.3 Å². The van der Waals surface area contributed by atoms with Crippen LogP contribution in [0, 0.1) is 5.92 Å². The standard InChI is InChI=1S/C18H20ClNO3/c1-18(11-21,14-3-4-14)20-17(22)7-2-12-8-13-9-15(19)5-6-16(13)23-10-12/h2,5-9,14,21H,3-4,10-11H2,1H3,(H,20,22)/b7-2+. The maximum absolute atomic E-state index is 12.1. The van der Waals surface area contributed by atoms with Crippen LogP contribution in [0.1, 0.15) is 25.3 Å². The molecule has 1 heterocycles. The summed E-state index contributed by atoms with van der Waals surface area (Å²) in [7, 11) is 0. The molecule has 1 aliphatic carbocycles. The fraction of sp³-hybridized carbons (Fsp3) is 0.389.